The van der Waals surface area contributed by atoms with Crippen molar-refractivity contribution >= 4 is 5.97 Å². The molecule has 0 amide bonds. The molecule has 1 saturated heterocycles. The standard InChI is InChI=1S/C13H19N3O2/c1-8(13(17)18)11-6-16(7-11)10(3)12-9(2)14-4-5-15-12/h4-5,8,10-11H,6-7H2,1-3H3,(H,17,18). The lowest BCUT2D eigenvalue weighted by Crippen LogP contribution is -2.51. The molecule has 2 unspecified atom stereocenters. The monoisotopic (exact) mass is 249 g/mol. The van der Waals surface area contributed by atoms with E-state index in [1.165, 1.54) is 0 Å². The second-order valence-electron chi connectivity index (χ2n) is 5.04. The summed E-state index contributed by atoms with van der Waals surface area (Å²) in [6, 6.07) is 0.205. The topological polar surface area (TPSA) is 66.3 Å². The summed E-state index contributed by atoms with van der Waals surface area (Å²) >= 11 is 0. The number of aryl methyl sites for hydroxylation is 1. The first-order valence-corrected chi connectivity index (χ1v) is 6.25. The highest BCUT2D eigenvalue weighted by Crippen LogP contribution is 2.32. The number of aromatic nitrogens is 2. The molecule has 2 heterocycles. The minimum absolute atomic E-state index is 0.205. The molecule has 5 nitrogen and oxygen atoms in total. The molecule has 1 N–H and O–H groups in total. The molecule has 0 spiro atoms. The Morgan fingerprint density at radius 3 is 2.56 bits per heavy atom. The van der Waals surface area contributed by atoms with E-state index in [0.717, 1.165) is 24.5 Å². The van der Waals surface area contributed by atoms with Crippen LogP contribution >= 0.6 is 0 Å². The zero-order valence-electron chi connectivity index (χ0n) is 11.0. The Morgan fingerprint density at radius 1 is 1.39 bits per heavy atom. The van der Waals surface area contributed by atoms with Gasteiger partial charge in [-0.15, -0.1) is 0 Å². The molecule has 98 valence electrons. The molecule has 1 fully saturated rings. The van der Waals surface area contributed by atoms with Gasteiger partial charge in [0.15, 0.2) is 0 Å². The molecule has 2 atom stereocenters. The van der Waals surface area contributed by atoms with Gasteiger partial charge in [0.05, 0.1) is 23.3 Å². The Bertz CT molecular complexity index is 444. The molecule has 5 heteroatoms. The summed E-state index contributed by atoms with van der Waals surface area (Å²) in [4.78, 5) is 21.8. The molecule has 0 aromatic carbocycles. The Balaban J connectivity index is 1.96. The molecule has 0 saturated carbocycles. The molecular formula is C13H19N3O2. The predicted molar refractivity (Wildman–Crippen MR) is 67.0 cm³/mol. The average Bonchev–Trinajstić information content (AvgIpc) is 2.27. The minimum Gasteiger partial charge on any atom is -0.481 e. The van der Waals surface area contributed by atoms with Crippen LogP contribution < -0.4 is 0 Å². The molecule has 0 bridgehead atoms. The summed E-state index contributed by atoms with van der Waals surface area (Å²) in [6.07, 6.45) is 3.40. The number of carboxylic acids is 1. The molecule has 2 rings (SSSR count). The van der Waals surface area contributed by atoms with Crippen molar-refractivity contribution in [1.82, 2.24) is 14.9 Å². The Hall–Kier alpha value is -1.49. The van der Waals surface area contributed by atoms with Crippen LogP contribution in [-0.2, 0) is 4.79 Å². The van der Waals surface area contributed by atoms with Crippen molar-refractivity contribution in [1.29, 1.82) is 0 Å². The number of carboxylic acid groups (broad SMARTS) is 1. The second-order valence-corrected chi connectivity index (χ2v) is 5.04. The fraction of sp³-hybridized carbons (Fsp3) is 0.615. The van der Waals surface area contributed by atoms with Gasteiger partial charge in [-0.05, 0) is 19.8 Å². The van der Waals surface area contributed by atoms with Crippen LogP contribution in [-0.4, -0.2) is 39.0 Å². The zero-order valence-corrected chi connectivity index (χ0v) is 11.0. The van der Waals surface area contributed by atoms with Gasteiger partial charge in [-0.2, -0.15) is 0 Å². The van der Waals surface area contributed by atoms with Crippen LogP contribution in [0.25, 0.3) is 0 Å². The minimum atomic E-state index is -0.706. The quantitative estimate of drug-likeness (QED) is 0.876. The van der Waals surface area contributed by atoms with Crippen LogP contribution in [0.3, 0.4) is 0 Å². The summed E-state index contributed by atoms with van der Waals surface area (Å²) < 4.78 is 0. The van der Waals surface area contributed by atoms with Gasteiger partial charge in [-0.3, -0.25) is 19.7 Å². The van der Waals surface area contributed by atoms with Crippen LogP contribution in [0.2, 0.25) is 0 Å². The lowest BCUT2D eigenvalue weighted by molar-refractivity contribution is -0.146. The van der Waals surface area contributed by atoms with E-state index in [-0.39, 0.29) is 17.9 Å². The fourth-order valence-electron chi connectivity index (χ4n) is 2.38. The summed E-state index contributed by atoms with van der Waals surface area (Å²) in [5.74, 6) is -0.721. The molecule has 1 aromatic rings. The molecule has 1 aliphatic rings. The van der Waals surface area contributed by atoms with Crippen molar-refractivity contribution in [2.45, 2.75) is 26.8 Å². The molecular weight excluding hydrogens is 230 g/mol. The van der Waals surface area contributed by atoms with Crippen LogP contribution in [0.5, 0.6) is 0 Å². The molecule has 0 radical (unpaired) electrons. The third-order valence-corrected chi connectivity index (χ3v) is 3.90. The van der Waals surface area contributed by atoms with Crippen molar-refractivity contribution in [3.63, 3.8) is 0 Å². The van der Waals surface area contributed by atoms with Crippen molar-refractivity contribution < 1.29 is 9.90 Å². The number of nitrogens with zero attached hydrogens (tertiary/aromatic N) is 3. The Labute approximate surface area is 107 Å². The molecule has 18 heavy (non-hydrogen) atoms. The number of hydrogen-bond donors (Lipinski definition) is 1. The lowest BCUT2D eigenvalue weighted by atomic mass is 9.85. The highest BCUT2D eigenvalue weighted by atomic mass is 16.4. The van der Waals surface area contributed by atoms with Crippen molar-refractivity contribution in [3.05, 3.63) is 23.8 Å². The first-order chi connectivity index (χ1) is 8.50. The van der Waals surface area contributed by atoms with E-state index in [9.17, 15) is 4.79 Å². The van der Waals surface area contributed by atoms with E-state index in [1.807, 2.05) is 6.92 Å². The SMILES string of the molecule is Cc1nccnc1C(C)N1CC(C(C)C(=O)O)C1. The van der Waals surface area contributed by atoms with Crippen molar-refractivity contribution in [2.75, 3.05) is 13.1 Å². The highest BCUT2D eigenvalue weighted by Gasteiger charge is 2.37. The van der Waals surface area contributed by atoms with E-state index < -0.39 is 5.97 Å². The average molecular weight is 249 g/mol. The third-order valence-electron chi connectivity index (χ3n) is 3.90. The number of carbonyl (C=O) groups is 1. The van der Waals surface area contributed by atoms with Gasteiger partial charge in [0.1, 0.15) is 0 Å². The summed E-state index contributed by atoms with van der Waals surface area (Å²) in [5.41, 5.74) is 1.93. The summed E-state index contributed by atoms with van der Waals surface area (Å²) in [6.45, 7) is 7.48. The number of likely N-dealkylation sites (tertiary alicyclic amines) is 1. The van der Waals surface area contributed by atoms with Gasteiger partial charge in [0, 0.05) is 25.5 Å². The Kier molecular flexibility index (Phi) is 3.61. The maximum absolute atomic E-state index is 10.9. The van der Waals surface area contributed by atoms with Gasteiger partial charge in [-0.1, -0.05) is 6.92 Å². The Morgan fingerprint density at radius 2 is 2.00 bits per heavy atom. The van der Waals surface area contributed by atoms with Crippen LogP contribution in [0.15, 0.2) is 12.4 Å². The van der Waals surface area contributed by atoms with Gasteiger partial charge in [-0.25, -0.2) is 0 Å². The van der Waals surface area contributed by atoms with Gasteiger partial charge in [0.25, 0.3) is 0 Å². The maximum Gasteiger partial charge on any atom is 0.306 e. The zero-order chi connectivity index (χ0) is 13.3. The number of aliphatic carboxylic acids is 1. The van der Waals surface area contributed by atoms with Gasteiger partial charge >= 0.3 is 5.97 Å². The van der Waals surface area contributed by atoms with E-state index >= 15 is 0 Å². The van der Waals surface area contributed by atoms with E-state index in [1.54, 1.807) is 19.3 Å². The van der Waals surface area contributed by atoms with E-state index in [0.29, 0.717) is 0 Å². The summed E-state index contributed by atoms with van der Waals surface area (Å²) in [5, 5.41) is 8.96. The maximum atomic E-state index is 10.9. The number of hydrogen-bond acceptors (Lipinski definition) is 4. The first kappa shape index (κ1) is 13.0. The number of rotatable bonds is 4. The molecule has 1 aromatic heterocycles. The predicted octanol–water partition coefficient (Wildman–Crippen LogP) is 1.50. The van der Waals surface area contributed by atoms with Crippen LogP contribution in [0.1, 0.15) is 31.3 Å². The molecule has 0 aliphatic carbocycles. The van der Waals surface area contributed by atoms with Crippen molar-refractivity contribution in [3.8, 4) is 0 Å². The van der Waals surface area contributed by atoms with E-state index in [4.69, 9.17) is 5.11 Å². The summed E-state index contributed by atoms with van der Waals surface area (Å²) in [7, 11) is 0. The second kappa shape index (κ2) is 5.02. The van der Waals surface area contributed by atoms with Crippen molar-refractivity contribution in [2.24, 2.45) is 11.8 Å². The first-order valence-electron chi connectivity index (χ1n) is 6.25. The highest BCUT2D eigenvalue weighted by molar-refractivity contribution is 5.70. The van der Waals surface area contributed by atoms with Gasteiger partial charge in [0.2, 0.25) is 0 Å². The van der Waals surface area contributed by atoms with Crippen LogP contribution in [0, 0.1) is 18.8 Å². The smallest absolute Gasteiger partial charge is 0.306 e. The van der Waals surface area contributed by atoms with Gasteiger partial charge < -0.3 is 5.11 Å². The third kappa shape index (κ3) is 2.36. The normalized spacial score (nSPS) is 20.2. The largest absolute Gasteiger partial charge is 0.481 e. The fourth-order valence-corrected chi connectivity index (χ4v) is 2.38. The lowest BCUT2D eigenvalue weighted by Gasteiger charge is -2.44. The van der Waals surface area contributed by atoms with E-state index in [2.05, 4.69) is 21.8 Å². The van der Waals surface area contributed by atoms with Crippen LogP contribution in [0.4, 0.5) is 0 Å². The molecule has 1 aliphatic heterocycles.